The van der Waals surface area contributed by atoms with Crippen molar-refractivity contribution in [2.45, 2.75) is 31.6 Å². The van der Waals surface area contributed by atoms with Crippen LogP contribution in [-0.2, 0) is 13.6 Å². The zero-order chi connectivity index (χ0) is 11.6. The second-order valence-corrected chi connectivity index (χ2v) is 8.64. The molecule has 0 aliphatic carbocycles. The summed E-state index contributed by atoms with van der Waals surface area (Å²) in [5, 5.41) is 0. The van der Waals surface area contributed by atoms with Crippen LogP contribution in [0.3, 0.4) is 0 Å². The molecule has 1 atom stereocenters. The first kappa shape index (κ1) is 14.1. The molecule has 7 heteroatoms. The zero-order valence-corrected chi connectivity index (χ0v) is 10.8. The number of hydrogen-bond donors (Lipinski definition) is 0. The van der Waals surface area contributed by atoms with Crippen molar-refractivity contribution in [1.29, 1.82) is 0 Å². The summed E-state index contributed by atoms with van der Waals surface area (Å²) in [6.45, 7) is 4.94. The minimum absolute atomic E-state index is 0.577. The monoisotopic (exact) mass is 260 g/mol. The van der Waals surface area contributed by atoms with Gasteiger partial charge >= 0.3 is 5.43 Å². The largest absolute Gasteiger partial charge is 0.449 e. The molecular weight excluding hydrogens is 248 g/mol. The highest BCUT2D eigenvalue weighted by molar-refractivity contribution is 8.72. The van der Waals surface area contributed by atoms with E-state index < -0.39 is 25.1 Å². The van der Waals surface area contributed by atoms with Gasteiger partial charge in [0.25, 0.3) is 0 Å². The maximum absolute atomic E-state index is 11.0. The van der Waals surface area contributed by atoms with E-state index in [9.17, 15) is 13.2 Å². The smallest absolute Gasteiger partial charge is 0.404 e. The van der Waals surface area contributed by atoms with Crippen LogP contribution in [0.1, 0.15) is 20.8 Å². The summed E-state index contributed by atoms with van der Waals surface area (Å²) in [5.74, 6) is 0. The molecule has 0 radical (unpaired) electrons. The van der Waals surface area contributed by atoms with Gasteiger partial charge in [0.05, 0.1) is 4.75 Å². The van der Waals surface area contributed by atoms with E-state index in [1.54, 1.807) is 20.8 Å². The van der Waals surface area contributed by atoms with Crippen molar-refractivity contribution in [2.24, 2.45) is 0 Å². The summed E-state index contributed by atoms with van der Waals surface area (Å²) in [6.07, 6.45) is 0.529. The van der Waals surface area contributed by atoms with Crippen molar-refractivity contribution in [3.8, 4) is 0 Å². The third-order valence-electron chi connectivity index (χ3n) is 1.61. The lowest BCUT2D eigenvalue weighted by Crippen LogP contribution is -2.34. The second-order valence-electron chi connectivity index (χ2n) is 3.39. The lowest BCUT2D eigenvalue weighted by Gasteiger charge is -2.28. The molecule has 0 fully saturated rings. The van der Waals surface area contributed by atoms with Crippen LogP contribution in [0.4, 0.5) is 4.79 Å². The Balaban J connectivity index is 4.53. The molecule has 0 aliphatic rings. The number of halogens is 1. The zero-order valence-electron chi connectivity index (χ0n) is 8.40. The van der Waals surface area contributed by atoms with Gasteiger partial charge in [-0.15, -0.1) is 0 Å². The van der Waals surface area contributed by atoms with E-state index in [0.29, 0.717) is 0 Å². The first-order valence-electron chi connectivity index (χ1n) is 3.81. The van der Waals surface area contributed by atoms with Gasteiger partial charge in [0.1, 0.15) is 6.10 Å². The number of rotatable bonds is 4. The molecule has 0 aromatic carbocycles. The third kappa shape index (κ3) is 5.72. The summed E-state index contributed by atoms with van der Waals surface area (Å²) < 4.78 is 26.0. The van der Waals surface area contributed by atoms with Gasteiger partial charge < -0.3 is 4.74 Å². The van der Waals surface area contributed by atoms with Crippen LogP contribution < -0.4 is 0 Å². The lowest BCUT2D eigenvalue weighted by molar-refractivity contribution is 0.114. The predicted octanol–water partition coefficient (Wildman–Crippen LogP) is 2.22. The fourth-order valence-electron chi connectivity index (χ4n) is 0.739. The third-order valence-corrected chi connectivity index (χ3v) is 4.96. The van der Waals surface area contributed by atoms with Crippen LogP contribution in [0.15, 0.2) is 0 Å². The van der Waals surface area contributed by atoms with Gasteiger partial charge in [-0.1, -0.05) is 0 Å². The second kappa shape index (κ2) is 4.72. The van der Waals surface area contributed by atoms with E-state index in [1.807, 2.05) is 0 Å². The molecule has 4 nitrogen and oxygen atoms in total. The molecule has 0 aliphatic heterocycles. The van der Waals surface area contributed by atoms with Crippen molar-refractivity contribution < 1.29 is 17.9 Å². The summed E-state index contributed by atoms with van der Waals surface area (Å²) in [4.78, 5) is 10.5. The molecule has 0 N–H and O–H groups in total. The highest BCUT2D eigenvalue weighted by Crippen LogP contribution is 2.33. The maximum Gasteiger partial charge on any atom is 0.404 e. The number of hydrogen-bond acceptors (Lipinski definition) is 5. The molecule has 0 saturated carbocycles. The quantitative estimate of drug-likeness (QED) is 0.573. The molecule has 0 bridgehead atoms. The van der Waals surface area contributed by atoms with Gasteiger partial charge in [-0.2, -0.15) is 0 Å². The van der Waals surface area contributed by atoms with Crippen molar-refractivity contribution in [1.82, 2.24) is 0 Å². The minimum atomic E-state index is -3.18. The Hall–Kier alpha value is 0.0600. The standard InChI is InChI=1S/C7H13ClO4S2/c1-5(12-6(8)9)7(2,3)13-14(4,10)11/h5H,1-4H3. The molecule has 0 spiro atoms. The Labute approximate surface area is 92.7 Å². The highest BCUT2D eigenvalue weighted by atomic mass is 35.5. The van der Waals surface area contributed by atoms with Crippen molar-refractivity contribution >= 4 is 36.7 Å². The van der Waals surface area contributed by atoms with Gasteiger partial charge in [-0.3, -0.25) is 0 Å². The molecule has 84 valence electrons. The normalized spacial score (nSPS) is 14.9. The molecule has 0 heterocycles. The molecule has 14 heavy (non-hydrogen) atoms. The van der Waals surface area contributed by atoms with E-state index in [0.717, 1.165) is 17.0 Å². The van der Waals surface area contributed by atoms with Gasteiger partial charge in [-0.25, -0.2) is 13.2 Å². The Bertz CT molecular complexity index is 310. The fourth-order valence-corrected chi connectivity index (χ4v) is 4.58. The molecule has 0 aromatic rings. The highest BCUT2D eigenvalue weighted by Gasteiger charge is 2.33. The van der Waals surface area contributed by atoms with Gasteiger partial charge in [0.15, 0.2) is 8.87 Å². The average Bonchev–Trinajstić information content (AvgIpc) is 1.78. The summed E-state index contributed by atoms with van der Waals surface area (Å²) in [6, 6.07) is 0. The van der Waals surface area contributed by atoms with Crippen LogP contribution in [0, 0.1) is 0 Å². The Morgan fingerprint density at radius 2 is 1.93 bits per heavy atom. The van der Waals surface area contributed by atoms with Crippen LogP contribution in [0.25, 0.3) is 0 Å². The maximum atomic E-state index is 11.0. The summed E-state index contributed by atoms with van der Waals surface area (Å²) >= 11 is 5.03. The average molecular weight is 261 g/mol. The van der Waals surface area contributed by atoms with Gasteiger partial charge in [0, 0.05) is 17.9 Å². The fraction of sp³-hybridized carbons (Fsp3) is 0.857. The van der Waals surface area contributed by atoms with Crippen molar-refractivity contribution in [3.63, 3.8) is 0 Å². The van der Waals surface area contributed by atoms with E-state index in [-0.39, 0.29) is 0 Å². The SMILES string of the molecule is CC(OC(=O)Cl)C(C)(C)SS(C)(=O)=O. The predicted molar refractivity (Wildman–Crippen MR) is 58.3 cm³/mol. The van der Waals surface area contributed by atoms with Crippen LogP contribution in [0.5, 0.6) is 0 Å². The topological polar surface area (TPSA) is 60.4 Å². The van der Waals surface area contributed by atoms with E-state index in [2.05, 4.69) is 0 Å². The molecule has 0 saturated heterocycles. The first-order chi connectivity index (χ1) is 6.04. The van der Waals surface area contributed by atoms with E-state index in [4.69, 9.17) is 16.3 Å². The van der Waals surface area contributed by atoms with Crippen molar-refractivity contribution in [2.75, 3.05) is 6.26 Å². The van der Waals surface area contributed by atoms with E-state index in [1.165, 1.54) is 0 Å². The summed E-state index contributed by atoms with van der Waals surface area (Å²) in [5.41, 5.74) is -0.931. The van der Waals surface area contributed by atoms with Gasteiger partial charge in [0.2, 0.25) is 0 Å². The Morgan fingerprint density at radius 3 is 2.21 bits per heavy atom. The van der Waals surface area contributed by atoms with Crippen LogP contribution in [-0.4, -0.2) is 31.0 Å². The number of carbonyl (C=O) groups excluding carboxylic acids is 1. The first-order valence-corrected chi connectivity index (χ1v) is 7.41. The van der Waals surface area contributed by atoms with Crippen LogP contribution in [0.2, 0.25) is 0 Å². The Morgan fingerprint density at radius 1 is 1.50 bits per heavy atom. The number of ether oxygens (including phenoxy) is 1. The molecule has 0 aromatic heterocycles. The minimum Gasteiger partial charge on any atom is -0.449 e. The molecule has 0 amide bonds. The van der Waals surface area contributed by atoms with Crippen LogP contribution >= 0.6 is 22.4 Å². The molecular formula is C7H13ClO4S2. The lowest BCUT2D eigenvalue weighted by atomic mass is 10.1. The van der Waals surface area contributed by atoms with Crippen molar-refractivity contribution in [3.05, 3.63) is 0 Å². The number of carbonyl (C=O) groups is 1. The molecule has 1 unspecified atom stereocenters. The van der Waals surface area contributed by atoms with Gasteiger partial charge in [-0.05, 0) is 31.6 Å². The Kier molecular flexibility index (Phi) is 4.74. The summed E-state index contributed by atoms with van der Waals surface area (Å²) in [7, 11) is -2.43. The van der Waals surface area contributed by atoms with E-state index >= 15 is 0 Å². The molecule has 0 rings (SSSR count).